The first-order valence-corrected chi connectivity index (χ1v) is 10.1. The molecule has 4 rings (SSSR count). The van der Waals surface area contributed by atoms with E-state index in [0.717, 1.165) is 5.56 Å². The molecule has 0 saturated heterocycles. The summed E-state index contributed by atoms with van der Waals surface area (Å²) < 4.78 is 14.7. The van der Waals surface area contributed by atoms with Gasteiger partial charge in [0.1, 0.15) is 11.6 Å². The number of benzene rings is 2. The summed E-state index contributed by atoms with van der Waals surface area (Å²) in [5.74, 6) is -0.436. The van der Waals surface area contributed by atoms with E-state index in [1.54, 1.807) is 25.1 Å². The van der Waals surface area contributed by atoms with Crippen LogP contribution in [-0.2, 0) is 0 Å². The van der Waals surface area contributed by atoms with Gasteiger partial charge in [0.2, 0.25) is 5.13 Å². The van der Waals surface area contributed by atoms with Gasteiger partial charge in [0.15, 0.2) is 0 Å². The number of nitrogens with one attached hydrogen (secondary N) is 1. The number of aromatic nitrogens is 3. The van der Waals surface area contributed by atoms with E-state index in [2.05, 4.69) is 15.4 Å². The van der Waals surface area contributed by atoms with Crippen molar-refractivity contribution in [3.8, 4) is 16.4 Å². The summed E-state index contributed by atoms with van der Waals surface area (Å²) in [6, 6.07) is 12.0. The number of carbonyl (C=O) groups is 1. The molecule has 0 aliphatic heterocycles. The van der Waals surface area contributed by atoms with Gasteiger partial charge in [-0.05, 0) is 44.2 Å². The third-order valence-electron chi connectivity index (χ3n) is 4.63. The number of amides is 1. The summed E-state index contributed by atoms with van der Waals surface area (Å²) in [6.45, 7) is 3.31. The summed E-state index contributed by atoms with van der Waals surface area (Å²) in [6.07, 6.45) is 0. The van der Waals surface area contributed by atoms with Crippen molar-refractivity contribution in [3.63, 3.8) is 0 Å². The van der Waals surface area contributed by atoms with Crippen molar-refractivity contribution in [2.24, 2.45) is 0 Å². The molecule has 2 aromatic carbocycles. The fourth-order valence-electron chi connectivity index (χ4n) is 3.10. The highest BCUT2D eigenvalue weighted by Crippen LogP contribution is 2.27. The molecule has 0 aliphatic carbocycles. The zero-order valence-corrected chi connectivity index (χ0v) is 17.3. The van der Waals surface area contributed by atoms with Crippen molar-refractivity contribution in [1.82, 2.24) is 14.8 Å². The summed E-state index contributed by atoms with van der Waals surface area (Å²) in [5, 5.41) is 20.7. The first kappa shape index (κ1) is 20.4. The van der Waals surface area contributed by atoms with Crippen LogP contribution in [-0.4, -0.2) is 25.6 Å². The highest BCUT2D eigenvalue weighted by Gasteiger charge is 2.20. The maximum atomic E-state index is 13.2. The molecule has 8 nitrogen and oxygen atoms in total. The van der Waals surface area contributed by atoms with E-state index < -0.39 is 10.8 Å². The molecule has 0 fully saturated rings. The van der Waals surface area contributed by atoms with Crippen molar-refractivity contribution in [2.45, 2.75) is 13.8 Å². The van der Waals surface area contributed by atoms with Crippen molar-refractivity contribution in [2.75, 3.05) is 5.32 Å². The second kappa shape index (κ2) is 8.07. The Bertz CT molecular complexity index is 1300. The van der Waals surface area contributed by atoms with Crippen LogP contribution < -0.4 is 5.32 Å². The summed E-state index contributed by atoms with van der Waals surface area (Å²) in [4.78, 5) is 28.0. The maximum Gasteiger partial charge on any atom is 0.273 e. The van der Waals surface area contributed by atoms with Gasteiger partial charge in [-0.15, -0.1) is 11.3 Å². The number of nitro groups is 1. The van der Waals surface area contributed by atoms with E-state index in [1.165, 1.54) is 53.3 Å². The Hall–Kier alpha value is -3.92. The van der Waals surface area contributed by atoms with Gasteiger partial charge >= 0.3 is 0 Å². The molecule has 10 heteroatoms. The van der Waals surface area contributed by atoms with Crippen LogP contribution in [0.15, 0.2) is 53.9 Å². The molecule has 0 unspecified atom stereocenters. The second-order valence-electron chi connectivity index (χ2n) is 6.77. The van der Waals surface area contributed by atoms with Crippen LogP contribution >= 0.6 is 11.3 Å². The van der Waals surface area contributed by atoms with E-state index >= 15 is 0 Å². The maximum absolute atomic E-state index is 13.2. The zero-order chi connectivity index (χ0) is 22.1. The topological polar surface area (TPSA) is 103 Å². The van der Waals surface area contributed by atoms with Gasteiger partial charge in [-0.3, -0.25) is 14.9 Å². The van der Waals surface area contributed by atoms with E-state index in [4.69, 9.17) is 0 Å². The molecule has 2 heterocycles. The average Bonchev–Trinajstić information content (AvgIpc) is 3.35. The van der Waals surface area contributed by atoms with Gasteiger partial charge in [-0.2, -0.15) is 9.78 Å². The molecule has 1 N–H and O–H groups in total. The molecule has 2 aromatic heterocycles. The fourth-order valence-corrected chi connectivity index (χ4v) is 3.90. The number of carbonyl (C=O) groups excluding carboxylic acids is 1. The molecule has 1 amide bonds. The lowest BCUT2D eigenvalue weighted by Gasteiger charge is -2.09. The number of hydrogen-bond acceptors (Lipinski definition) is 6. The Morgan fingerprint density at radius 1 is 1.19 bits per heavy atom. The van der Waals surface area contributed by atoms with Crippen LogP contribution in [0.3, 0.4) is 0 Å². The SMILES string of the molecule is Cc1cc(NC(=O)c2cccc([N+](=O)[O-])c2C)n(-c2nc(-c3ccc(F)cc3)cs2)n1. The van der Waals surface area contributed by atoms with E-state index in [9.17, 15) is 19.3 Å². The van der Waals surface area contributed by atoms with E-state index in [1.807, 2.05) is 5.38 Å². The lowest BCUT2D eigenvalue weighted by atomic mass is 10.1. The number of thiazole rings is 1. The lowest BCUT2D eigenvalue weighted by Crippen LogP contribution is -2.16. The first-order valence-electron chi connectivity index (χ1n) is 9.17. The van der Waals surface area contributed by atoms with Crippen LogP contribution in [0.5, 0.6) is 0 Å². The molecule has 0 atom stereocenters. The Morgan fingerprint density at radius 2 is 1.94 bits per heavy atom. The molecular weight excluding hydrogens is 421 g/mol. The minimum Gasteiger partial charge on any atom is -0.306 e. The number of halogens is 1. The van der Waals surface area contributed by atoms with Crippen LogP contribution in [0, 0.1) is 29.8 Å². The van der Waals surface area contributed by atoms with Gasteiger partial charge < -0.3 is 5.32 Å². The quantitative estimate of drug-likeness (QED) is 0.353. The molecule has 156 valence electrons. The van der Waals surface area contributed by atoms with Crippen molar-refractivity contribution in [3.05, 3.63) is 86.7 Å². The summed E-state index contributed by atoms with van der Waals surface area (Å²) in [7, 11) is 0. The van der Waals surface area contributed by atoms with Crippen molar-refractivity contribution in [1.29, 1.82) is 0 Å². The van der Waals surface area contributed by atoms with E-state index in [-0.39, 0.29) is 22.6 Å². The monoisotopic (exact) mass is 437 g/mol. The van der Waals surface area contributed by atoms with Gasteiger partial charge in [0, 0.05) is 34.2 Å². The highest BCUT2D eigenvalue weighted by atomic mass is 32.1. The standard InChI is InChI=1S/C21H16FN5O3S/c1-12-10-19(24-20(28)16-4-3-5-18(13(16)2)27(29)30)26(25-12)21-23-17(11-31-21)14-6-8-15(22)9-7-14/h3-11H,1-2H3,(H,24,28). The van der Waals surface area contributed by atoms with E-state index in [0.29, 0.717) is 22.3 Å². The molecule has 31 heavy (non-hydrogen) atoms. The van der Waals surface area contributed by atoms with Crippen LogP contribution in [0.1, 0.15) is 21.6 Å². The normalized spacial score (nSPS) is 10.8. The molecule has 0 saturated carbocycles. The number of rotatable bonds is 5. The van der Waals surface area contributed by atoms with Crippen molar-refractivity contribution >= 4 is 28.7 Å². The van der Waals surface area contributed by atoms with Gasteiger partial charge in [0.25, 0.3) is 11.6 Å². The fraction of sp³-hybridized carbons (Fsp3) is 0.0952. The molecule has 0 bridgehead atoms. The number of aryl methyl sites for hydroxylation is 1. The minimum atomic E-state index is -0.521. The van der Waals surface area contributed by atoms with Crippen LogP contribution in [0.2, 0.25) is 0 Å². The predicted octanol–water partition coefficient (Wildman–Crippen LogP) is 4.91. The Morgan fingerprint density at radius 3 is 2.65 bits per heavy atom. The van der Waals surface area contributed by atoms with Crippen LogP contribution in [0.25, 0.3) is 16.4 Å². The number of hydrogen-bond donors (Lipinski definition) is 1. The first-order chi connectivity index (χ1) is 14.8. The third kappa shape index (κ3) is 4.05. The van der Waals surface area contributed by atoms with Crippen molar-refractivity contribution < 1.29 is 14.1 Å². The number of nitrogens with zero attached hydrogens (tertiary/aromatic N) is 4. The minimum absolute atomic E-state index is 0.124. The highest BCUT2D eigenvalue weighted by molar-refractivity contribution is 7.12. The van der Waals surface area contributed by atoms with Gasteiger partial charge in [-0.25, -0.2) is 9.37 Å². The molecule has 0 spiro atoms. The average molecular weight is 437 g/mol. The van der Waals surface area contributed by atoms with Gasteiger partial charge in [0.05, 0.1) is 16.3 Å². The van der Waals surface area contributed by atoms with Crippen LogP contribution in [0.4, 0.5) is 15.9 Å². The number of nitro benzene ring substituents is 1. The number of anilines is 1. The summed E-state index contributed by atoms with van der Waals surface area (Å²) >= 11 is 1.32. The van der Waals surface area contributed by atoms with Gasteiger partial charge in [-0.1, -0.05) is 6.07 Å². The smallest absolute Gasteiger partial charge is 0.273 e. The second-order valence-corrected chi connectivity index (χ2v) is 7.60. The molecule has 0 aliphatic rings. The molecule has 4 aromatic rings. The lowest BCUT2D eigenvalue weighted by molar-refractivity contribution is -0.385. The predicted molar refractivity (Wildman–Crippen MR) is 115 cm³/mol. The molecule has 0 radical (unpaired) electrons. The Kier molecular flexibility index (Phi) is 5.30. The summed E-state index contributed by atoms with van der Waals surface area (Å²) in [5.41, 5.74) is 2.42. The Balaban J connectivity index is 1.64. The Labute approximate surface area is 180 Å². The third-order valence-corrected chi connectivity index (χ3v) is 5.45. The zero-order valence-electron chi connectivity index (χ0n) is 16.5. The largest absolute Gasteiger partial charge is 0.306 e. The molecular formula is C21H16FN5O3S.